The Hall–Kier alpha value is -3.91. The lowest BCUT2D eigenvalue weighted by Crippen LogP contribution is -2.10. The fourth-order valence-electron chi connectivity index (χ4n) is 3.03. The summed E-state index contributed by atoms with van der Waals surface area (Å²) in [5.41, 5.74) is 16.1. The topological polar surface area (TPSA) is 130 Å². The average molecular weight is 428 g/mol. The van der Waals surface area contributed by atoms with Crippen LogP contribution >= 0.6 is 11.8 Å². The van der Waals surface area contributed by atoms with Crippen molar-refractivity contribution in [2.45, 2.75) is 10.9 Å². The first-order valence-corrected chi connectivity index (χ1v) is 10.5. The van der Waals surface area contributed by atoms with Gasteiger partial charge in [0, 0.05) is 40.5 Å². The zero-order valence-corrected chi connectivity index (χ0v) is 17.4. The van der Waals surface area contributed by atoms with Gasteiger partial charge in [0.15, 0.2) is 5.16 Å². The summed E-state index contributed by atoms with van der Waals surface area (Å²) in [7, 11) is 0. The SMILES string of the molecule is N=C(N)c1ccc(-c2cn(-c3ccc(C(=N)N)cc3)c(SCc3ccccn3)n2)cc1. The summed E-state index contributed by atoms with van der Waals surface area (Å²) in [6, 6.07) is 20.8. The van der Waals surface area contributed by atoms with Crippen molar-refractivity contribution in [2.75, 3.05) is 0 Å². The number of nitrogens with one attached hydrogen (secondary N) is 2. The van der Waals surface area contributed by atoms with Crippen molar-refractivity contribution in [3.8, 4) is 16.9 Å². The van der Waals surface area contributed by atoms with E-state index in [0.29, 0.717) is 16.9 Å². The van der Waals surface area contributed by atoms with E-state index in [1.807, 2.05) is 77.5 Å². The number of nitrogens with two attached hydrogens (primary N) is 2. The van der Waals surface area contributed by atoms with Gasteiger partial charge in [0.25, 0.3) is 0 Å². The molecule has 0 saturated heterocycles. The number of aromatic nitrogens is 3. The second-order valence-electron chi connectivity index (χ2n) is 6.84. The molecule has 0 aliphatic heterocycles. The van der Waals surface area contributed by atoms with Crippen LogP contribution in [0.15, 0.2) is 84.3 Å². The maximum absolute atomic E-state index is 7.60. The Labute approximate surface area is 184 Å². The first-order valence-electron chi connectivity index (χ1n) is 9.53. The third kappa shape index (κ3) is 4.65. The van der Waals surface area contributed by atoms with Gasteiger partial charge in [0.1, 0.15) is 11.7 Å². The minimum atomic E-state index is 0.0354. The lowest BCUT2D eigenvalue weighted by Gasteiger charge is -2.08. The van der Waals surface area contributed by atoms with E-state index in [0.717, 1.165) is 27.8 Å². The van der Waals surface area contributed by atoms with Crippen molar-refractivity contribution in [2.24, 2.45) is 11.5 Å². The van der Waals surface area contributed by atoms with Gasteiger partial charge in [-0.15, -0.1) is 0 Å². The van der Waals surface area contributed by atoms with E-state index in [1.54, 1.807) is 18.0 Å². The predicted octanol–water partition coefficient (Wildman–Crippen LogP) is 3.79. The highest BCUT2D eigenvalue weighted by atomic mass is 32.2. The molecule has 2 aromatic carbocycles. The van der Waals surface area contributed by atoms with Crippen LogP contribution < -0.4 is 11.5 Å². The first kappa shape index (κ1) is 20.4. The quantitative estimate of drug-likeness (QED) is 0.202. The number of hydrogen-bond acceptors (Lipinski definition) is 5. The molecule has 2 aromatic heterocycles. The maximum atomic E-state index is 7.60. The van der Waals surface area contributed by atoms with Crippen molar-refractivity contribution in [1.29, 1.82) is 10.8 Å². The first-order chi connectivity index (χ1) is 15.0. The van der Waals surface area contributed by atoms with E-state index in [2.05, 4.69) is 4.98 Å². The molecule has 2 heterocycles. The summed E-state index contributed by atoms with van der Waals surface area (Å²) in [4.78, 5) is 9.24. The maximum Gasteiger partial charge on any atom is 0.173 e. The van der Waals surface area contributed by atoms with E-state index < -0.39 is 0 Å². The summed E-state index contributed by atoms with van der Waals surface area (Å²) < 4.78 is 2.02. The highest BCUT2D eigenvalue weighted by Crippen LogP contribution is 2.29. The molecule has 0 unspecified atom stereocenters. The third-order valence-electron chi connectivity index (χ3n) is 4.70. The number of nitrogen functional groups attached to an aromatic ring is 2. The van der Waals surface area contributed by atoms with Gasteiger partial charge in [-0.2, -0.15) is 0 Å². The molecule has 8 heteroatoms. The molecule has 0 amide bonds. The molecule has 0 aliphatic rings. The number of amidine groups is 2. The zero-order chi connectivity index (χ0) is 21.8. The normalized spacial score (nSPS) is 10.7. The van der Waals surface area contributed by atoms with Crippen LogP contribution in [-0.2, 0) is 5.75 Å². The fourth-order valence-corrected chi connectivity index (χ4v) is 3.94. The predicted molar refractivity (Wildman–Crippen MR) is 125 cm³/mol. The average Bonchev–Trinajstić information content (AvgIpc) is 3.23. The molecule has 0 aliphatic carbocycles. The molecule has 4 aromatic rings. The lowest BCUT2D eigenvalue weighted by atomic mass is 10.1. The second kappa shape index (κ2) is 8.85. The molecule has 4 rings (SSSR count). The molecule has 154 valence electrons. The smallest absolute Gasteiger partial charge is 0.173 e. The fraction of sp³-hybridized carbons (Fsp3) is 0.0435. The molecule has 7 nitrogen and oxygen atoms in total. The Morgan fingerprint density at radius 1 is 0.871 bits per heavy atom. The molecule has 6 N–H and O–H groups in total. The van der Waals surface area contributed by atoms with Crippen LogP contribution in [0.4, 0.5) is 0 Å². The number of hydrogen-bond donors (Lipinski definition) is 4. The van der Waals surface area contributed by atoms with Crippen LogP contribution in [0, 0.1) is 10.8 Å². The molecule has 0 atom stereocenters. The van der Waals surface area contributed by atoms with Crippen molar-refractivity contribution in [1.82, 2.24) is 14.5 Å². The highest BCUT2D eigenvalue weighted by molar-refractivity contribution is 7.98. The lowest BCUT2D eigenvalue weighted by molar-refractivity contribution is 0.894. The van der Waals surface area contributed by atoms with Crippen LogP contribution in [0.25, 0.3) is 16.9 Å². The van der Waals surface area contributed by atoms with Crippen molar-refractivity contribution >= 4 is 23.4 Å². The molecule has 0 spiro atoms. The van der Waals surface area contributed by atoms with Crippen LogP contribution in [0.1, 0.15) is 16.8 Å². The van der Waals surface area contributed by atoms with E-state index >= 15 is 0 Å². The van der Waals surface area contributed by atoms with E-state index in [-0.39, 0.29) is 11.7 Å². The Morgan fingerprint density at radius 2 is 1.52 bits per heavy atom. The minimum absolute atomic E-state index is 0.0354. The number of rotatable bonds is 7. The Balaban J connectivity index is 1.70. The van der Waals surface area contributed by atoms with Gasteiger partial charge >= 0.3 is 0 Å². The summed E-state index contributed by atoms with van der Waals surface area (Å²) in [6.45, 7) is 0. The van der Waals surface area contributed by atoms with E-state index in [1.165, 1.54) is 0 Å². The van der Waals surface area contributed by atoms with Gasteiger partial charge < -0.3 is 11.5 Å². The highest BCUT2D eigenvalue weighted by Gasteiger charge is 2.13. The van der Waals surface area contributed by atoms with Crippen molar-refractivity contribution in [3.05, 3.63) is 95.9 Å². The zero-order valence-electron chi connectivity index (χ0n) is 16.6. The Kier molecular flexibility index (Phi) is 5.81. The third-order valence-corrected chi connectivity index (χ3v) is 5.68. The number of pyridine rings is 1. The minimum Gasteiger partial charge on any atom is -0.384 e. The number of nitrogens with zero attached hydrogens (tertiary/aromatic N) is 3. The van der Waals surface area contributed by atoms with E-state index in [4.69, 9.17) is 27.3 Å². The molecule has 31 heavy (non-hydrogen) atoms. The molecular weight excluding hydrogens is 406 g/mol. The largest absolute Gasteiger partial charge is 0.384 e. The van der Waals surface area contributed by atoms with Crippen LogP contribution in [-0.4, -0.2) is 26.2 Å². The molecule has 0 bridgehead atoms. The number of imidazole rings is 1. The Morgan fingerprint density at radius 3 is 2.10 bits per heavy atom. The Bertz CT molecular complexity index is 1210. The summed E-state index contributed by atoms with van der Waals surface area (Å²) in [5.74, 6) is 0.758. The van der Waals surface area contributed by atoms with Gasteiger partial charge in [-0.3, -0.25) is 20.4 Å². The van der Waals surface area contributed by atoms with Gasteiger partial charge in [-0.25, -0.2) is 4.98 Å². The van der Waals surface area contributed by atoms with Crippen molar-refractivity contribution < 1.29 is 0 Å². The summed E-state index contributed by atoms with van der Waals surface area (Å²) >= 11 is 1.60. The second-order valence-corrected chi connectivity index (χ2v) is 7.78. The number of thioether (sulfide) groups is 1. The van der Waals surface area contributed by atoms with Gasteiger partial charge in [0.2, 0.25) is 0 Å². The summed E-state index contributed by atoms with van der Waals surface area (Å²) in [6.07, 6.45) is 3.76. The van der Waals surface area contributed by atoms with Crippen molar-refractivity contribution in [3.63, 3.8) is 0 Å². The summed E-state index contributed by atoms with van der Waals surface area (Å²) in [5, 5.41) is 16.0. The monoisotopic (exact) mass is 427 g/mol. The number of benzene rings is 2. The molecular formula is C23H21N7S. The van der Waals surface area contributed by atoms with Crippen LogP contribution in [0.3, 0.4) is 0 Å². The molecule has 0 radical (unpaired) electrons. The van der Waals surface area contributed by atoms with Crippen LogP contribution in [0.2, 0.25) is 0 Å². The van der Waals surface area contributed by atoms with Gasteiger partial charge in [-0.1, -0.05) is 42.1 Å². The van der Waals surface area contributed by atoms with E-state index in [9.17, 15) is 0 Å². The van der Waals surface area contributed by atoms with Crippen LogP contribution in [0.5, 0.6) is 0 Å². The van der Waals surface area contributed by atoms with Gasteiger partial charge in [-0.05, 0) is 36.4 Å². The van der Waals surface area contributed by atoms with Gasteiger partial charge in [0.05, 0.1) is 11.4 Å². The molecule has 0 fully saturated rings. The standard InChI is InChI=1S/C23H21N7S/c24-21(25)16-6-4-15(5-7-16)20-13-30(19-10-8-17(9-11-19)22(26)27)23(29-20)31-14-18-3-1-2-12-28-18/h1-13H,14H2,(H3,24,25)(H3,26,27). The molecule has 0 saturated carbocycles.